The van der Waals surface area contributed by atoms with Crippen LogP contribution in [0.2, 0.25) is 0 Å². The molecule has 116 valence electrons. The second-order valence-corrected chi connectivity index (χ2v) is 5.82. The first-order chi connectivity index (χ1) is 9.75. The van der Waals surface area contributed by atoms with Crippen LogP contribution in [0.1, 0.15) is 18.4 Å². The Bertz CT molecular complexity index is 488. The van der Waals surface area contributed by atoms with Gasteiger partial charge in [0.15, 0.2) is 0 Å². The summed E-state index contributed by atoms with van der Waals surface area (Å²) in [6, 6.07) is 8.79. The molecule has 2 aliphatic heterocycles. The van der Waals surface area contributed by atoms with E-state index in [4.69, 9.17) is 0 Å². The van der Waals surface area contributed by atoms with Crippen molar-refractivity contribution in [3.8, 4) is 0 Å². The van der Waals surface area contributed by atoms with Gasteiger partial charge in [-0.3, -0.25) is 9.69 Å². The lowest BCUT2D eigenvalue weighted by Gasteiger charge is -2.32. The van der Waals surface area contributed by atoms with Gasteiger partial charge in [0.25, 0.3) is 0 Å². The Balaban J connectivity index is 0.00000161. The lowest BCUT2D eigenvalue weighted by atomic mass is 10.1. The summed E-state index contributed by atoms with van der Waals surface area (Å²) in [6.45, 7) is 3.49. The number of piperidine rings is 1. The number of nitrogens with zero attached hydrogens (tertiary/aromatic N) is 2. The van der Waals surface area contributed by atoms with Crippen LogP contribution in [0.5, 0.6) is 0 Å². The average Bonchev–Trinajstić information content (AvgIpc) is 2.92. The van der Waals surface area contributed by atoms with Crippen LogP contribution in [0.3, 0.4) is 0 Å². The van der Waals surface area contributed by atoms with Crippen molar-refractivity contribution >= 4 is 24.0 Å². The summed E-state index contributed by atoms with van der Waals surface area (Å²) >= 11 is 0. The first kappa shape index (κ1) is 16.3. The van der Waals surface area contributed by atoms with E-state index in [2.05, 4.69) is 29.4 Å². The van der Waals surface area contributed by atoms with Gasteiger partial charge in [0.05, 0.1) is 6.54 Å². The molecular formula is C16H24ClN3O. The van der Waals surface area contributed by atoms with Gasteiger partial charge in [0.2, 0.25) is 5.91 Å². The van der Waals surface area contributed by atoms with E-state index in [0.29, 0.717) is 12.6 Å². The minimum absolute atomic E-state index is 0. The highest BCUT2D eigenvalue weighted by Crippen LogP contribution is 2.27. The fourth-order valence-electron chi connectivity index (χ4n) is 3.27. The molecule has 2 aliphatic rings. The van der Waals surface area contributed by atoms with Crippen LogP contribution in [0.15, 0.2) is 24.3 Å². The third-order valence-electron chi connectivity index (χ3n) is 4.50. The number of benzene rings is 1. The minimum atomic E-state index is 0. The zero-order valence-electron chi connectivity index (χ0n) is 12.5. The highest BCUT2D eigenvalue weighted by atomic mass is 35.5. The van der Waals surface area contributed by atoms with Gasteiger partial charge in [-0.2, -0.15) is 0 Å². The molecule has 4 nitrogen and oxygen atoms in total. The molecule has 0 bridgehead atoms. The Kier molecular flexibility index (Phi) is 5.62. The molecule has 1 aromatic carbocycles. The molecule has 1 saturated heterocycles. The second kappa shape index (κ2) is 7.25. The second-order valence-electron chi connectivity index (χ2n) is 5.82. The third kappa shape index (κ3) is 3.57. The van der Waals surface area contributed by atoms with Crippen LogP contribution in [0.4, 0.5) is 5.69 Å². The first-order valence-corrected chi connectivity index (χ1v) is 7.55. The molecule has 1 fully saturated rings. The molecule has 0 aliphatic carbocycles. The van der Waals surface area contributed by atoms with Gasteiger partial charge in [-0.05, 0) is 51.0 Å². The van der Waals surface area contributed by atoms with Gasteiger partial charge in [-0.25, -0.2) is 0 Å². The molecule has 0 spiro atoms. The van der Waals surface area contributed by atoms with Crippen molar-refractivity contribution in [2.75, 3.05) is 38.1 Å². The molecule has 21 heavy (non-hydrogen) atoms. The molecule has 0 unspecified atom stereocenters. The number of anilines is 1. The molecule has 0 atom stereocenters. The zero-order chi connectivity index (χ0) is 13.9. The summed E-state index contributed by atoms with van der Waals surface area (Å²) in [4.78, 5) is 16.7. The Morgan fingerprint density at radius 3 is 2.81 bits per heavy atom. The normalized spacial score (nSPS) is 18.5. The number of carbonyl (C=O) groups is 1. The Hall–Kier alpha value is -1.10. The van der Waals surface area contributed by atoms with Crippen LogP contribution >= 0.6 is 12.4 Å². The number of para-hydroxylation sites is 1. The van der Waals surface area contributed by atoms with E-state index >= 15 is 0 Å². The maximum Gasteiger partial charge on any atom is 0.241 e. The van der Waals surface area contributed by atoms with E-state index in [9.17, 15) is 4.79 Å². The Morgan fingerprint density at radius 1 is 1.33 bits per heavy atom. The molecule has 0 aromatic heterocycles. The maximum atomic E-state index is 12.5. The SMILES string of the molecule is CN(CC(=O)N1CCc2ccccc21)C1CCNCC1.Cl. The Morgan fingerprint density at radius 2 is 2.05 bits per heavy atom. The van der Waals surface area contributed by atoms with Crippen LogP contribution in [0.25, 0.3) is 0 Å². The van der Waals surface area contributed by atoms with E-state index in [0.717, 1.165) is 44.6 Å². The first-order valence-electron chi connectivity index (χ1n) is 7.55. The minimum Gasteiger partial charge on any atom is -0.317 e. The molecule has 0 saturated carbocycles. The number of hydrogen-bond acceptors (Lipinski definition) is 3. The van der Waals surface area contributed by atoms with Gasteiger partial charge in [-0.15, -0.1) is 12.4 Å². The van der Waals surface area contributed by atoms with Crippen molar-refractivity contribution in [2.24, 2.45) is 0 Å². The predicted molar refractivity (Wildman–Crippen MR) is 88.3 cm³/mol. The summed E-state index contributed by atoms with van der Waals surface area (Å²) < 4.78 is 0. The van der Waals surface area contributed by atoms with E-state index in [1.54, 1.807) is 0 Å². The lowest BCUT2D eigenvalue weighted by Crippen LogP contribution is -2.46. The van der Waals surface area contributed by atoms with Gasteiger partial charge in [-0.1, -0.05) is 18.2 Å². The largest absolute Gasteiger partial charge is 0.317 e. The van der Waals surface area contributed by atoms with Gasteiger partial charge in [0, 0.05) is 18.3 Å². The molecule has 1 amide bonds. The van der Waals surface area contributed by atoms with Gasteiger partial charge in [0.1, 0.15) is 0 Å². The molecule has 2 heterocycles. The zero-order valence-corrected chi connectivity index (χ0v) is 13.4. The number of halogens is 1. The van der Waals surface area contributed by atoms with Gasteiger partial charge < -0.3 is 10.2 Å². The average molecular weight is 310 g/mol. The monoisotopic (exact) mass is 309 g/mol. The Labute approximate surface area is 132 Å². The highest BCUT2D eigenvalue weighted by molar-refractivity contribution is 5.96. The fourth-order valence-corrected chi connectivity index (χ4v) is 3.27. The van der Waals surface area contributed by atoms with Crippen molar-refractivity contribution in [2.45, 2.75) is 25.3 Å². The standard InChI is InChI=1S/C16H23N3O.ClH/c1-18(14-6-9-17-10-7-14)12-16(20)19-11-8-13-4-2-3-5-15(13)19;/h2-5,14,17H,6-12H2,1H3;1H. The smallest absolute Gasteiger partial charge is 0.241 e. The van der Waals surface area contributed by atoms with E-state index in [1.165, 1.54) is 5.56 Å². The van der Waals surface area contributed by atoms with Crippen LogP contribution in [0, 0.1) is 0 Å². The predicted octanol–water partition coefficient (Wildman–Crippen LogP) is 1.68. The van der Waals surface area contributed by atoms with E-state index < -0.39 is 0 Å². The van der Waals surface area contributed by atoms with Gasteiger partial charge >= 0.3 is 0 Å². The summed E-state index contributed by atoms with van der Waals surface area (Å²) in [6.07, 6.45) is 3.26. The van der Waals surface area contributed by atoms with Crippen LogP contribution in [-0.2, 0) is 11.2 Å². The van der Waals surface area contributed by atoms with Crippen LogP contribution in [-0.4, -0.2) is 50.1 Å². The number of hydrogen-bond donors (Lipinski definition) is 1. The molecule has 1 aromatic rings. The third-order valence-corrected chi connectivity index (χ3v) is 4.50. The fraction of sp³-hybridized carbons (Fsp3) is 0.562. The molecule has 3 rings (SSSR count). The van der Waals surface area contributed by atoms with Crippen molar-refractivity contribution in [3.63, 3.8) is 0 Å². The highest BCUT2D eigenvalue weighted by Gasteiger charge is 2.26. The van der Waals surface area contributed by atoms with Crippen molar-refractivity contribution < 1.29 is 4.79 Å². The molecule has 1 N–H and O–H groups in total. The van der Waals surface area contributed by atoms with E-state index in [-0.39, 0.29) is 18.3 Å². The number of amides is 1. The maximum absolute atomic E-state index is 12.5. The molecular weight excluding hydrogens is 286 g/mol. The topological polar surface area (TPSA) is 35.6 Å². The van der Waals surface area contributed by atoms with E-state index in [1.807, 2.05) is 17.0 Å². The summed E-state index contributed by atoms with van der Waals surface area (Å²) in [5.41, 5.74) is 2.40. The van der Waals surface area contributed by atoms with Crippen molar-refractivity contribution in [1.29, 1.82) is 0 Å². The molecule has 0 radical (unpaired) electrons. The van der Waals surface area contributed by atoms with Crippen molar-refractivity contribution in [1.82, 2.24) is 10.2 Å². The summed E-state index contributed by atoms with van der Waals surface area (Å²) in [7, 11) is 2.08. The summed E-state index contributed by atoms with van der Waals surface area (Å²) in [5, 5.41) is 3.37. The summed E-state index contributed by atoms with van der Waals surface area (Å²) in [5.74, 6) is 0.232. The number of carbonyl (C=O) groups excluding carboxylic acids is 1. The van der Waals surface area contributed by atoms with Crippen LogP contribution < -0.4 is 10.2 Å². The number of fused-ring (bicyclic) bond motifs is 1. The van der Waals surface area contributed by atoms with Crippen molar-refractivity contribution in [3.05, 3.63) is 29.8 Å². The number of likely N-dealkylation sites (N-methyl/N-ethyl adjacent to an activating group) is 1. The number of nitrogens with one attached hydrogen (secondary N) is 1. The number of rotatable bonds is 3. The molecule has 5 heteroatoms. The lowest BCUT2D eigenvalue weighted by molar-refractivity contribution is -0.119. The quantitative estimate of drug-likeness (QED) is 0.923.